The number of rotatable bonds is 5. The Bertz CT molecular complexity index is 502. The zero-order valence-electron chi connectivity index (χ0n) is 11.5. The molecule has 0 fully saturated rings. The van der Waals surface area contributed by atoms with Crippen LogP contribution in [0.3, 0.4) is 0 Å². The van der Waals surface area contributed by atoms with Gasteiger partial charge in [-0.15, -0.1) is 0 Å². The third-order valence-corrected chi connectivity index (χ3v) is 2.96. The van der Waals surface area contributed by atoms with E-state index in [1.807, 2.05) is 26.8 Å². The topological polar surface area (TPSA) is 57.6 Å². The van der Waals surface area contributed by atoms with Crippen molar-refractivity contribution in [3.05, 3.63) is 41.0 Å². The largest absolute Gasteiger partial charge is 0.478 e. The standard InChI is InChI=1S/C15H19NO3/c1-4-16(5-2)15(19)13-10-12(7-6-11(13)3)8-9-14(17)18/h6-10H,4-5H2,1-3H3,(H,17,18). The van der Waals surface area contributed by atoms with Crippen LogP contribution in [-0.2, 0) is 4.79 Å². The second-order valence-corrected chi connectivity index (χ2v) is 4.22. The van der Waals surface area contributed by atoms with Crippen LogP contribution in [0.15, 0.2) is 24.3 Å². The molecule has 0 unspecified atom stereocenters. The number of nitrogens with zero attached hydrogens (tertiary/aromatic N) is 1. The quantitative estimate of drug-likeness (QED) is 0.829. The summed E-state index contributed by atoms with van der Waals surface area (Å²) in [6.07, 6.45) is 2.55. The predicted molar refractivity (Wildman–Crippen MR) is 75.1 cm³/mol. The summed E-state index contributed by atoms with van der Waals surface area (Å²) in [4.78, 5) is 24.5. The highest BCUT2D eigenvalue weighted by atomic mass is 16.4. The van der Waals surface area contributed by atoms with Crippen molar-refractivity contribution < 1.29 is 14.7 Å². The number of benzene rings is 1. The first-order chi connectivity index (χ1) is 8.99. The van der Waals surface area contributed by atoms with Gasteiger partial charge in [-0.1, -0.05) is 12.1 Å². The molecular weight excluding hydrogens is 242 g/mol. The van der Waals surface area contributed by atoms with E-state index in [2.05, 4.69) is 0 Å². The number of carbonyl (C=O) groups excluding carboxylic acids is 1. The lowest BCUT2D eigenvalue weighted by atomic mass is 10.0. The van der Waals surface area contributed by atoms with Gasteiger partial charge in [-0.2, -0.15) is 0 Å². The number of carboxylic acid groups (broad SMARTS) is 1. The summed E-state index contributed by atoms with van der Waals surface area (Å²) in [6.45, 7) is 7.06. The van der Waals surface area contributed by atoms with Crippen LogP contribution in [0, 0.1) is 6.92 Å². The maximum absolute atomic E-state index is 12.3. The van der Waals surface area contributed by atoms with Crippen molar-refractivity contribution in [3.8, 4) is 0 Å². The van der Waals surface area contributed by atoms with Crippen LogP contribution in [0.1, 0.15) is 35.3 Å². The lowest BCUT2D eigenvalue weighted by molar-refractivity contribution is -0.131. The molecule has 0 saturated heterocycles. The molecule has 1 rings (SSSR count). The summed E-state index contributed by atoms with van der Waals surface area (Å²) in [5.74, 6) is -1.02. The molecule has 1 aromatic rings. The van der Waals surface area contributed by atoms with E-state index in [-0.39, 0.29) is 5.91 Å². The fourth-order valence-corrected chi connectivity index (χ4v) is 1.82. The average Bonchev–Trinajstić information content (AvgIpc) is 2.38. The Morgan fingerprint density at radius 2 is 1.89 bits per heavy atom. The van der Waals surface area contributed by atoms with E-state index >= 15 is 0 Å². The van der Waals surface area contributed by atoms with Crippen LogP contribution < -0.4 is 0 Å². The Morgan fingerprint density at radius 3 is 2.42 bits per heavy atom. The monoisotopic (exact) mass is 261 g/mol. The van der Waals surface area contributed by atoms with E-state index in [0.29, 0.717) is 24.2 Å². The van der Waals surface area contributed by atoms with Crippen molar-refractivity contribution in [2.24, 2.45) is 0 Å². The van der Waals surface area contributed by atoms with E-state index in [9.17, 15) is 9.59 Å². The van der Waals surface area contributed by atoms with E-state index < -0.39 is 5.97 Å². The molecule has 1 amide bonds. The molecule has 0 heterocycles. The van der Waals surface area contributed by atoms with E-state index in [0.717, 1.165) is 11.6 Å². The van der Waals surface area contributed by atoms with Gasteiger partial charge in [-0.3, -0.25) is 4.79 Å². The molecule has 0 saturated carbocycles. The summed E-state index contributed by atoms with van der Waals surface area (Å²) in [5, 5.41) is 8.61. The van der Waals surface area contributed by atoms with Crippen LogP contribution in [0.25, 0.3) is 6.08 Å². The first kappa shape index (κ1) is 15.0. The zero-order valence-corrected chi connectivity index (χ0v) is 11.5. The molecule has 0 spiro atoms. The van der Waals surface area contributed by atoms with E-state index in [1.54, 1.807) is 17.0 Å². The van der Waals surface area contributed by atoms with Gasteiger partial charge in [0.15, 0.2) is 0 Å². The zero-order chi connectivity index (χ0) is 14.4. The maximum atomic E-state index is 12.3. The highest BCUT2D eigenvalue weighted by molar-refractivity contribution is 5.96. The third-order valence-electron chi connectivity index (χ3n) is 2.96. The number of aryl methyl sites for hydroxylation is 1. The van der Waals surface area contributed by atoms with Gasteiger partial charge in [0.2, 0.25) is 0 Å². The van der Waals surface area contributed by atoms with Crippen LogP contribution in [-0.4, -0.2) is 35.0 Å². The van der Waals surface area contributed by atoms with E-state index in [4.69, 9.17) is 5.11 Å². The fourth-order valence-electron chi connectivity index (χ4n) is 1.82. The lowest BCUT2D eigenvalue weighted by Crippen LogP contribution is -2.31. The number of carboxylic acids is 1. The smallest absolute Gasteiger partial charge is 0.328 e. The van der Waals surface area contributed by atoms with Crippen molar-refractivity contribution in [3.63, 3.8) is 0 Å². The third kappa shape index (κ3) is 3.95. The van der Waals surface area contributed by atoms with Crippen LogP contribution in [0.5, 0.6) is 0 Å². The van der Waals surface area contributed by atoms with E-state index in [1.165, 1.54) is 6.08 Å². The van der Waals surface area contributed by atoms with Gasteiger partial charge < -0.3 is 10.0 Å². The Kier molecular flexibility index (Phi) is 5.30. The number of hydrogen-bond donors (Lipinski definition) is 1. The molecule has 102 valence electrons. The normalized spacial score (nSPS) is 10.7. The average molecular weight is 261 g/mol. The van der Waals surface area contributed by atoms with Crippen molar-refractivity contribution in [2.45, 2.75) is 20.8 Å². The fraction of sp³-hybridized carbons (Fsp3) is 0.333. The minimum atomic E-state index is -1.00. The number of hydrogen-bond acceptors (Lipinski definition) is 2. The molecule has 1 aromatic carbocycles. The molecule has 0 aromatic heterocycles. The van der Waals surface area contributed by atoms with Crippen LogP contribution in [0.4, 0.5) is 0 Å². The summed E-state index contributed by atoms with van der Waals surface area (Å²) in [5.41, 5.74) is 2.23. The van der Waals surface area contributed by atoms with Crippen LogP contribution >= 0.6 is 0 Å². The van der Waals surface area contributed by atoms with Gasteiger partial charge >= 0.3 is 5.97 Å². The molecule has 0 radical (unpaired) electrons. The van der Waals surface area contributed by atoms with Gasteiger partial charge in [-0.25, -0.2) is 4.79 Å². The molecule has 19 heavy (non-hydrogen) atoms. The molecule has 0 bridgehead atoms. The summed E-state index contributed by atoms with van der Waals surface area (Å²) in [6, 6.07) is 5.36. The number of carbonyl (C=O) groups is 2. The van der Waals surface area contributed by atoms with Gasteiger partial charge in [0.05, 0.1) is 0 Å². The second-order valence-electron chi connectivity index (χ2n) is 4.22. The van der Waals surface area contributed by atoms with Gasteiger partial charge in [-0.05, 0) is 44.0 Å². The van der Waals surface area contributed by atoms with Gasteiger partial charge in [0, 0.05) is 24.7 Å². The SMILES string of the molecule is CCN(CC)C(=O)c1cc(C=CC(=O)O)ccc1C. The molecular formula is C15H19NO3. The maximum Gasteiger partial charge on any atom is 0.328 e. The molecule has 0 aliphatic rings. The summed E-state index contributed by atoms with van der Waals surface area (Å²) >= 11 is 0. The molecule has 1 N–H and O–H groups in total. The highest BCUT2D eigenvalue weighted by Crippen LogP contribution is 2.15. The first-order valence-electron chi connectivity index (χ1n) is 6.30. The Hall–Kier alpha value is -2.10. The molecule has 0 aliphatic carbocycles. The van der Waals surface area contributed by atoms with Gasteiger partial charge in [0.25, 0.3) is 5.91 Å². The predicted octanol–water partition coefficient (Wildman–Crippen LogP) is 2.57. The van der Waals surface area contributed by atoms with Crippen LogP contribution in [0.2, 0.25) is 0 Å². The molecule has 4 nitrogen and oxygen atoms in total. The second kappa shape index (κ2) is 6.73. The van der Waals surface area contributed by atoms with Crippen molar-refractivity contribution in [2.75, 3.05) is 13.1 Å². The van der Waals surface area contributed by atoms with Crippen molar-refractivity contribution in [1.29, 1.82) is 0 Å². The first-order valence-corrected chi connectivity index (χ1v) is 6.30. The molecule has 0 aliphatic heterocycles. The van der Waals surface area contributed by atoms with Gasteiger partial charge in [0.1, 0.15) is 0 Å². The molecule has 4 heteroatoms. The van der Waals surface area contributed by atoms with Crippen molar-refractivity contribution >= 4 is 18.0 Å². The Morgan fingerprint density at radius 1 is 1.26 bits per heavy atom. The Balaban J connectivity index is 3.10. The summed E-state index contributed by atoms with van der Waals surface area (Å²) in [7, 11) is 0. The Labute approximate surface area is 113 Å². The minimum Gasteiger partial charge on any atom is -0.478 e. The molecule has 0 atom stereocenters. The number of aliphatic carboxylic acids is 1. The highest BCUT2D eigenvalue weighted by Gasteiger charge is 2.14. The summed E-state index contributed by atoms with van der Waals surface area (Å²) < 4.78 is 0. The van der Waals surface area contributed by atoms with Crippen molar-refractivity contribution in [1.82, 2.24) is 4.90 Å². The lowest BCUT2D eigenvalue weighted by Gasteiger charge is -2.20. The minimum absolute atomic E-state index is 0.0203. The number of amides is 1.